The molecule has 15 heavy (non-hydrogen) atoms. The molecule has 0 unspecified atom stereocenters. The first-order chi connectivity index (χ1) is 7.34. The molecule has 0 aliphatic heterocycles. The van der Waals surface area contributed by atoms with Gasteiger partial charge in [0.2, 0.25) is 5.78 Å². The molecule has 2 nitrogen and oxygen atoms in total. The molecule has 1 aromatic heterocycles. The molecule has 1 rings (SSSR count). The molecule has 0 spiro atoms. The second kappa shape index (κ2) is 6.93. The predicted molar refractivity (Wildman–Crippen MR) is 61.8 cm³/mol. The second-order valence-electron chi connectivity index (χ2n) is 3.48. The number of nitrogens with zero attached hydrogens (tertiary/aromatic N) is 1. The third kappa shape index (κ3) is 4.54. The highest BCUT2D eigenvalue weighted by Crippen LogP contribution is 2.01. The minimum atomic E-state index is -0.00732. The minimum Gasteiger partial charge on any atom is -0.288 e. The van der Waals surface area contributed by atoms with Gasteiger partial charge in [-0.2, -0.15) is 0 Å². The molecule has 0 fully saturated rings. The van der Waals surface area contributed by atoms with Gasteiger partial charge in [-0.05, 0) is 31.1 Å². The van der Waals surface area contributed by atoms with Gasteiger partial charge in [0, 0.05) is 6.20 Å². The zero-order valence-electron chi connectivity index (χ0n) is 9.15. The van der Waals surface area contributed by atoms with Crippen LogP contribution in [0.25, 0.3) is 0 Å². The number of hydrogen-bond acceptors (Lipinski definition) is 2. The molecule has 0 bridgehead atoms. The Balaban J connectivity index is 2.36. The molecule has 0 aromatic carbocycles. The molecule has 0 amide bonds. The summed E-state index contributed by atoms with van der Waals surface area (Å²) in [6.45, 7) is 2.17. The summed E-state index contributed by atoms with van der Waals surface area (Å²) in [5, 5.41) is 0. The van der Waals surface area contributed by atoms with Crippen LogP contribution >= 0.6 is 0 Å². The van der Waals surface area contributed by atoms with E-state index in [0.29, 0.717) is 5.69 Å². The SMILES string of the molecule is CCCCC/C=C/C(=O)c1ccccn1. The normalized spacial score (nSPS) is 10.7. The Bertz CT molecular complexity index is 317. The van der Waals surface area contributed by atoms with E-state index in [1.54, 1.807) is 18.3 Å². The van der Waals surface area contributed by atoms with Gasteiger partial charge in [0.25, 0.3) is 0 Å². The first-order valence-corrected chi connectivity index (χ1v) is 5.46. The van der Waals surface area contributed by atoms with Gasteiger partial charge in [-0.1, -0.05) is 31.9 Å². The smallest absolute Gasteiger partial charge is 0.203 e. The number of unbranched alkanes of at least 4 members (excludes halogenated alkanes) is 3. The van der Waals surface area contributed by atoms with Crippen LogP contribution in [0.5, 0.6) is 0 Å². The van der Waals surface area contributed by atoms with E-state index in [9.17, 15) is 4.79 Å². The van der Waals surface area contributed by atoms with Crippen molar-refractivity contribution in [3.63, 3.8) is 0 Å². The molecule has 0 saturated carbocycles. The summed E-state index contributed by atoms with van der Waals surface area (Å²) in [4.78, 5) is 15.5. The van der Waals surface area contributed by atoms with Crippen molar-refractivity contribution in [1.29, 1.82) is 0 Å². The van der Waals surface area contributed by atoms with Crippen molar-refractivity contribution in [3.05, 3.63) is 42.2 Å². The number of carbonyl (C=O) groups excluding carboxylic acids is 1. The van der Waals surface area contributed by atoms with E-state index in [1.165, 1.54) is 12.8 Å². The van der Waals surface area contributed by atoms with E-state index in [-0.39, 0.29) is 5.78 Å². The van der Waals surface area contributed by atoms with Crippen LogP contribution in [0.2, 0.25) is 0 Å². The highest BCUT2D eigenvalue weighted by molar-refractivity contribution is 6.02. The molecule has 0 atom stereocenters. The fourth-order valence-corrected chi connectivity index (χ4v) is 1.30. The van der Waals surface area contributed by atoms with Crippen molar-refractivity contribution >= 4 is 5.78 Å². The van der Waals surface area contributed by atoms with Crippen molar-refractivity contribution in [3.8, 4) is 0 Å². The molecular weight excluding hydrogens is 186 g/mol. The maximum atomic E-state index is 11.5. The number of rotatable bonds is 6. The average Bonchev–Trinajstić information content (AvgIpc) is 2.30. The van der Waals surface area contributed by atoms with Crippen molar-refractivity contribution in [2.24, 2.45) is 0 Å². The van der Waals surface area contributed by atoms with Gasteiger partial charge in [-0.3, -0.25) is 9.78 Å². The number of pyridine rings is 1. The van der Waals surface area contributed by atoms with Gasteiger partial charge < -0.3 is 0 Å². The van der Waals surface area contributed by atoms with Gasteiger partial charge >= 0.3 is 0 Å². The summed E-state index contributed by atoms with van der Waals surface area (Å²) in [5.41, 5.74) is 0.518. The van der Waals surface area contributed by atoms with Crippen LogP contribution < -0.4 is 0 Å². The van der Waals surface area contributed by atoms with E-state index in [0.717, 1.165) is 12.8 Å². The summed E-state index contributed by atoms with van der Waals surface area (Å²) in [7, 11) is 0. The van der Waals surface area contributed by atoms with Crippen LogP contribution in [0.4, 0.5) is 0 Å². The first-order valence-electron chi connectivity index (χ1n) is 5.46. The topological polar surface area (TPSA) is 30.0 Å². The molecule has 1 aromatic rings. The Labute approximate surface area is 91.0 Å². The first kappa shape index (κ1) is 11.6. The lowest BCUT2D eigenvalue weighted by molar-refractivity contribution is 0.104. The van der Waals surface area contributed by atoms with Crippen LogP contribution in [0.15, 0.2) is 36.5 Å². The summed E-state index contributed by atoms with van der Waals surface area (Å²) in [6.07, 6.45) is 9.77. The third-order valence-corrected chi connectivity index (χ3v) is 2.16. The largest absolute Gasteiger partial charge is 0.288 e. The zero-order chi connectivity index (χ0) is 10.9. The average molecular weight is 203 g/mol. The van der Waals surface area contributed by atoms with Gasteiger partial charge in [0.15, 0.2) is 0 Å². The van der Waals surface area contributed by atoms with Crippen LogP contribution in [0.3, 0.4) is 0 Å². The van der Waals surface area contributed by atoms with Crippen LogP contribution in [-0.2, 0) is 0 Å². The Hall–Kier alpha value is -1.44. The maximum Gasteiger partial charge on any atom is 0.203 e. The summed E-state index contributed by atoms with van der Waals surface area (Å²) in [6, 6.07) is 5.37. The van der Waals surface area contributed by atoms with Crippen LogP contribution in [0.1, 0.15) is 43.1 Å². The fourth-order valence-electron chi connectivity index (χ4n) is 1.30. The molecule has 0 aliphatic rings. The van der Waals surface area contributed by atoms with Gasteiger partial charge in [-0.25, -0.2) is 0 Å². The van der Waals surface area contributed by atoms with E-state index >= 15 is 0 Å². The summed E-state index contributed by atoms with van der Waals surface area (Å²) >= 11 is 0. The fraction of sp³-hybridized carbons (Fsp3) is 0.385. The molecule has 80 valence electrons. The standard InChI is InChI=1S/C13H17NO/c1-2-3-4-5-6-10-13(15)12-9-7-8-11-14-12/h6-11H,2-5H2,1H3/b10-6+. The van der Waals surface area contributed by atoms with Crippen molar-refractivity contribution < 1.29 is 4.79 Å². The van der Waals surface area contributed by atoms with E-state index < -0.39 is 0 Å². The lowest BCUT2D eigenvalue weighted by atomic mass is 10.1. The van der Waals surface area contributed by atoms with Gasteiger partial charge in [-0.15, -0.1) is 0 Å². The van der Waals surface area contributed by atoms with E-state index in [2.05, 4.69) is 11.9 Å². The highest BCUT2D eigenvalue weighted by Gasteiger charge is 1.99. The third-order valence-electron chi connectivity index (χ3n) is 2.16. The van der Waals surface area contributed by atoms with Crippen molar-refractivity contribution in [2.45, 2.75) is 32.6 Å². The van der Waals surface area contributed by atoms with Crippen LogP contribution in [0, 0.1) is 0 Å². The molecule has 0 N–H and O–H groups in total. The molecule has 0 radical (unpaired) electrons. The molecule has 0 saturated heterocycles. The zero-order valence-corrected chi connectivity index (χ0v) is 9.15. The monoisotopic (exact) mass is 203 g/mol. The Morgan fingerprint density at radius 1 is 1.40 bits per heavy atom. The maximum absolute atomic E-state index is 11.5. The minimum absolute atomic E-state index is 0.00732. The van der Waals surface area contributed by atoms with Crippen molar-refractivity contribution in [2.75, 3.05) is 0 Å². The highest BCUT2D eigenvalue weighted by atomic mass is 16.1. The number of ketones is 1. The predicted octanol–water partition coefficient (Wildman–Crippen LogP) is 3.40. The second-order valence-corrected chi connectivity index (χ2v) is 3.48. The molecular formula is C13H17NO. The lowest BCUT2D eigenvalue weighted by Crippen LogP contribution is -1.96. The number of hydrogen-bond donors (Lipinski definition) is 0. The number of carbonyl (C=O) groups is 1. The van der Waals surface area contributed by atoms with E-state index in [4.69, 9.17) is 0 Å². The number of aromatic nitrogens is 1. The van der Waals surface area contributed by atoms with Crippen LogP contribution in [-0.4, -0.2) is 10.8 Å². The summed E-state index contributed by atoms with van der Waals surface area (Å²) < 4.78 is 0. The quantitative estimate of drug-likeness (QED) is 0.403. The Kier molecular flexibility index (Phi) is 5.38. The van der Waals surface area contributed by atoms with Crippen molar-refractivity contribution in [1.82, 2.24) is 4.98 Å². The molecule has 2 heteroatoms. The molecule has 0 aliphatic carbocycles. The molecule has 1 heterocycles. The Morgan fingerprint density at radius 2 is 2.27 bits per heavy atom. The summed E-state index contributed by atoms with van der Waals surface area (Å²) in [5.74, 6) is -0.00732. The lowest BCUT2D eigenvalue weighted by Gasteiger charge is -1.93. The Morgan fingerprint density at radius 3 is 2.93 bits per heavy atom. The number of allylic oxidation sites excluding steroid dienone is 2. The van der Waals surface area contributed by atoms with E-state index in [1.807, 2.05) is 18.2 Å². The van der Waals surface area contributed by atoms with Gasteiger partial charge in [0.1, 0.15) is 5.69 Å². The van der Waals surface area contributed by atoms with Gasteiger partial charge in [0.05, 0.1) is 0 Å².